The molecule has 1 aromatic carbocycles. The lowest BCUT2D eigenvalue weighted by Crippen LogP contribution is -2.48. The van der Waals surface area contributed by atoms with Crippen molar-refractivity contribution in [2.45, 2.75) is 31.8 Å². The van der Waals surface area contributed by atoms with Gasteiger partial charge in [-0.25, -0.2) is 4.39 Å². The summed E-state index contributed by atoms with van der Waals surface area (Å²) < 4.78 is 13.2. The minimum absolute atomic E-state index is 0.0256. The van der Waals surface area contributed by atoms with Gasteiger partial charge in [0.15, 0.2) is 0 Å². The van der Waals surface area contributed by atoms with Gasteiger partial charge in [0.1, 0.15) is 5.82 Å². The largest absolute Gasteiger partial charge is 0.387 e. The van der Waals surface area contributed by atoms with E-state index in [0.717, 1.165) is 32.4 Å². The number of fused-ring (bicyclic) bond motifs is 1. The van der Waals surface area contributed by atoms with Gasteiger partial charge in [-0.2, -0.15) is 0 Å². The maximum atomic E-state index is 13.2. The molecular weight excluding hydrogens is 283 g/mol. The quantitative estimate of drug-likeness (QED) is 0.794. The normalized spacial score (nSPS) is 28.9. The number of aliphatic hydroxyl groups is 1. The molecular formula is C17H23FN2O2. The van der Waals surface area contributed by atoms with Gasteiger partial charge in [0.25, 0.3) is 0 Å². The van der Waals surface area contributed by atoms with Gasteiger partial charge in [-0.05, 0) is 43.0 Å². The van der Waals surface area contributed by atoms with Crippen LogP contribution in [0, 0.1) is 17.2 Å². The van der Waals surface area contributed by atoms with Crippen LogP contribution in [0.3, 0.4) is 0 Å². The highest BCUT2D eigenvalue weighted by Crippen LogP contribution is 2.43. The van der Waals surface area contributed by atoms with Crippen LogP contribution >= 0.6 is 0 Å². The molecule has 1 amide bonds. The Morgan fingerprint density at radius 2 is 2.36 bits per heavy atom. The van der Waals surface area contributed by atoms with E-state index in [4.69, 9.17) is 0 Å². The van der Waals surface area contributed by atoms with Crippen LogP contribution in [0.25, 0.3) is 0 Å². The molecule has 5 heteroatoms. The van der Waals surface area contributed by atoms with Crippen LogP contribution in [0.5, 0.6) is 0 Å². The monoisotopic (exact) mass is 306 g/mol. The highest BCUT2D eigenvalue weighted by molar-refractivity contribution is 5.84. The van der Waals surface area contributed by atoms with E-state index in [2.05, 4.69) is 10.6 Å². The average molecular weight is 306 g/mol. The van der Waals surface area contributed by atoms with E-state index in [0.29, 0.717) is 11.5 Å². The average Bonchev–Trinajstić information content (AvgIpc) is 2.97. The van der Waals surface area contributed by atoms with Crippen molar-refractivity contribution in [1.82, 2.24) is 10.6 Å². The zero-order valence-electron chi connectivity index (χ0n) is 12.6. The maximum Gasteiger partial charge on any atom is 0.227 e. The van der Waals surface area contributed by atoms with Crippen LogP contribution in [0.15, 0.2) is 24.3 Å². The van der Waals surface area contributed by atoms with Crippen LogP contribution in [0.1, 0.15) is 37.4 Å². The van der Waals surface area contributed by atoms with Gasteiger partial charge in [0.2, 0.25) is 5.91 Å². The summed E-state index contributed by atoms with van der Waals surface area (Å²) in [4.78, 5) is 12.7. The van der Waals surface area contributed by atoms with Crippen molar-refractivity contribution in [2.24, 2.45) is 11.3 Å². The fraction of sp³-hybridized carbons (Fsp3) is 0.588. The number of rotatable bonds is 4. The van der Waals surface area contributed by atoms with Gasteiger partial charge in [-0.3, -0.25) is 4.79 Å². The molecule has 4 nitrogen and oxygen atoms in total. The molecule has 0 bridgehead atoms. The Labute approximate surface area is 130 Å². The molecule has 1 saturated carbocycles. The lowest BCUT2D eigenvalue weighted by molar-refractivity contribution is -0.134. The SMILES string of the molecule is O=C(NCC(O)c1cccc(F)c1)[C@@]12CCCC[C@H]1CNC2. The number of amides is 1. The summed E-state index contributed by atoms with van der Waals surface area (Å²) in [6, 6.07) is 5.87. The first-order valence-electron chi connectivity index (χ1n) is 8.04. The molecule has 22 heavy (non-hydrogen) atoms. The van der Waals surface area contributed by atoms with Crippen molar-refractivity contribution in [3.05, 3.63) is 35.6 Å². The number of benzene rings is 1. The van der Waals surface area contributed by atoms with Gasteiger partial charge in [-0.1, -0.05) is 25.0 Å². The van der Waals surface area contributed by atoms with Crippen LogP contribution in [0.4, 0.5) is 4.39 Å². The fourth-order valence-electron chi connectivity index (χ4n) is 3.89. The smallest absolute Gasteiger partial charge is 0.227 e. The van der Waals surface area contributed by atoms with Crippen LogP contribution in [0.2, 0.25) is 0 Å². The zero-order chi connectivity index (χ0) is 15.6. The molecule has 3 atom stereocenters. The molecule has 1 aliphatic heterocycles. The third kappa shape index (κ3) is 2.88. The van der Waals surface area contributed by atoms with Gasteiger partial charge in [-0.15, -0.1) is 0 Å². The van der Waals surface area contributed by atoms with Crippen LogP contribution < -0.4 is 10.6 Å². The van der Waals surface area contributed by atoms with Crippen molar-refractivity contribution in [2.75, 3.05) is 19.6 Å². The number of hydrogen-bond donors (Lipinski definition) is 3. The van der Waals surface area contributed by atoms with Gasteiger partial charge in [0, 0.05) is 13.1 Å². The van der Waals surface area contributed by atoms with Crippen molar-refractivity contribution in [3.63, 3.8) is 0 Å². The predicted octanol–water partition coefficient (Wildman–Crippen LogP) is 1.76. The summed E-state index contributed by atoms with van der Waals surface area (Å²) in [7, 11) is 0. The number of carbonyl (C=O) groups is 1. The number of hydrogen-bond acceptors (Lipinski definition) is 3. The standard InChI is InChI=1S/C17H23FN2O2/c18-14-6-3-4-12(8-14)15(21)10-20-16(22)17-7-2-1-5-13(17)9-19-11-17/h3-4,6,8,13,15,19,21H,1-2,5,7,9-11H2,(H,20,22)/t13-,15?,17+/m0/s1. The van der Waals surface area contributed by atoms with Crippen molar-refractivity contribution in [1.29, 1.82) is 0 Å². The van der Waals surface area contributed by atoms with Gasteiger partial charge in [0.05, 0.1) is 11.5 Å². The van der Waals surface area contributed by atoms with Crippen molar-refractivity contribution >= 4 is 5.91 Å². The summed E-state index contributed by atoms with van der Waals surface area (Å²) in [5.74, 6) is 0.0408. The highest BCUT2D eigenvalue weighted by Gasteiger charge is 2.49. The first-order chi connectivity index (χ1) is 10.6. The molecule has 1 saturated heterocycles. The Hall–Kier alpha value is -1.46. The summed E-state index contributed by atoms with van der Waals surface area (Å²) in [6.07, 6.45) is 3.39. The molecule has 1 aliphatic carbocycles. The number of carbonyl (C=O) groups excluding carboxylic acids is 1. The topological polar surface area (TPSA) is 61.4 Å². The molecule has 120 valence electrons. The first kappa shape index (κ1) is 15.4. The molecule has 3 N–H and O–H groups in total. The molecule has 2 fully saturated rings. The van der Waals surface area contributed by atoms with Gasteiger partial charge < -0.3 is 15.7 Å². The summed E-state index contributed by atoms with van der Waals surface area (Å²) in [5.41, 5.74) is 0.169. The Morgan fingerprint density at radius 1 is 1.50 bits per heavy atom. The number of nitrogens with one attached hydrogen (secondary N) is 2. The molecule has 1 heterocycles. The summed E-state index contributed by atoms with van der Waals surface area (Å²) >= 11 is 0. The highest BCUT2D eigenvalue weighted by atomic mass is 19.1. The van der Waals surface area contributed by atoms with E-state index in [1.165, 1.54) is 18.6 Å². The van der Waals surface area contributed by atoms with E-state index < -0.39 is 6.10 Å². The summed E-state index contributed by atoms with van der Waals surface area (Å²) in [6.45, 7) is 1.75. The molecule has 1 aromatic rings. The van der Waals surface area contributed by atoms with E-state index in [1.54, 1.807) is 12.1 Å². The Bertz CT molecular complexity index is 551. The van der Waals surface area contributed by atoms with E-state index in [1.807, 2.05) is 0 Å². The second-order valence-corrected chi connectivity index (χ2v) is 6.51. The Balaban J connectivity index is 1.62. The van der Waals surface area contributed by atoms with Gasteiger partial charge >= 0.3 is 0 Å². The molecule has 0 radical (unpaired) electrons. The lowest BCUT2D eigenvalue weighted by atomic mass is 9.67. The van der Waals surface area contributed by atoms with E-state index >= 15 is 0 Å². The summed E-state index contributed by atoms with van der Waals surface area (Å²) in [5, 5.41) is 16.4. The molecule has 1 unspecified atom stereocenters. The molecule has 0 spiro atoms. The third-order valence-corrected chi connectivity index (χ3v) is 5.18. The first-order valence-corrected chi connectivity index (χ1v) is 8.04. The van der Waals surface area contributed by atoms with Crippen LogP contribution in [-0.4, -0.2) is 30.6 Å². The molecule has 0 aromatic heterocycles. The predicted molar refractivity (Wildman–Crippen MR) is 81.6 cm³/mol. The van der Waals surface area contributed by atoms with Crippen molar-refractivity contribution in [3.8, 4) is 0 Å². The third-order valence-electron chi connectivity index (χ3n) is 5.18. The second-order valence-electron chi connectivity index (χ2n) is 6.51. The molecule has 2 aliphatic rings. The number of aliphatic hydroxyl groups excluding tert-OH is 1. The van der Waals surface area contributed by atoms with E-state index in [9.17, 15) is 14.3 Å². The zero-order valence-corrected chi connectivity index (χ0v) is 12.6. The molecule has 3 rings (SSSR count). The van der Waals surface area contributed by atoms with Crippen LogP contribution in [-0.2, 0) is 4.79 Å². The van der Waals surface area contributed by atoms with Crippen molar-refractivity contribution < 1.29 is 14.3 Å². The maximum absolute atomic E-state index is 13.2. The minimum Gasteiger partial charge on any atom is -0.387 e. The Kier molecular flexibility index (Phi) is 4.45. The number of halogens is 1. The van der Waals surface area contributed by atoms with E-state index in [-0.39, 0.29) is 23.7 Å². The second kappa shape index (κ2) is 6.34. The minimum atomic E-state index is -0.882. The Morgan fingerprint density at radius 3 is 3.18 bits per heavy atom. The lowest BCUT2D eigenvalue weighted by Gasteiger charge is -2.37. The fourth-order valence-corrected chi connectivity index (χ4v) is 3.89.